The van der Waals surface area contributed by atoms with Crippen LogP contribution in [0.15, 0.2) is 71.5 Å². The van der Waals surface area contributed by atoms with Gasteiger partial charge in [-0.2, -0.15) is 5.10 Å². The molecule has 0 amide bonds. The highest BCUT2D eigenvalue weighted by Gasteiger charge is 2.29. The zero-order valence-electron chi connectivity index (χ0n) is 26.1. The smallest absolute Gasteiger partial charge is 0.267 e. The molecule has 0 radical (unpaired) electrons. The number of pyridine rings is 1. The highest BCUT2D eigenvalue weighted by molar-refractivity contribution is 7.92. The highest BCUT2D eigenvalue weighted by atomic mass is 35.5. The van der Waals surface area contributed by atoms with E-state index in [-0.39, 0.29) is 80.4 Å². The van der Waals surface area contributed by atoms with Crippen molar-refractivity contribution in [2.24, 2.45) is 12.8 Å². The Kier molecular flexibility index (Phi) is 10.2. The minimum Gasteiger partial charge on any atom is -0.497 e. The van der Waals surface area contributed by atoms with Crippen LogP contribution in [0.4, 0.5) is 14.6 Å². The SMILES string of the molecule is COc1ccc(CN(c2nn(C)c3c(-n4c(C(N)Cc5cc(F)cc(F)c5)nc5nc(Cl)ccc5c4=O)ccc(Cl)c23)S(C)(=O)=O)cc1.Cl. The summed E-state index contributed by atoms with van der Waals surface area (Å²) in [4.78, 5) is 23.0. The van der Waals surface area contributed by atoms with E-state index < -0.39 is 33.3 Å². The van der Waals surface area contributed by atoms with Gasteiger partial charge in [0.1, 0.15) is 28.4 Å². The Labute approximate surface area is 295 Å². The second-order valence-corrected chi connectivity index (χ2v) is 13.8. The van der Waals surface area contributed by atoms with Gasteiger partial charge in [-0.25, -0.2) is 31.5 Å². The number of ether oxygens (including phenoxy) is 1. The molecule has 3 aromatic carbocycles. The number of anilines is 1. The van der Waals surface area contributed by atoms with Gasteiger partial charge in [-0.1, -0.05) is 35.3 Å². The van der Waals surface area contributed by atoms with E-state index >= 15 is 0 Å². The van der Waals surface area contributed by atoms with Gasteiger partial charge in [-0.05, 0) is 66.1 Å². The summed E-state index contributed by atoms with van der Waals surface area (Å²) >= 11 is 12.9. The van der Waals surface area contributed by atoms with Gasteiger partial charge in [0.05, 0.1) is 53.0 Å². The number of nitrogens with zero attached hydrogens (tertiary/aromatic N) is 6. The van der Waals surface area contributed by atoms with Crippen LogP contribution in [0.5, 0.6) is 5.75 Å². The number of benzene rings is 3. The molecule has 0 spiro atoms. The Morgan fingerprint density at radius 3 is 2.29 bits per heavy atom. The van der Waals surface area contributed by atoms with E-state index in [1.165, 1.54) is 34.6 Å². The van der Waals surface area contributed by atoms with E-state index in [0.717, 1.165) is 28.8 Å². The molecule has 3 aromatic heterocycles. The topological polar surface area (TPSA) is 138 Å². The number of aromatic nitrogens is 5. The standard InChI is InChI=1S/C32H27Cl2F2N7O4S.ClH/c1-41-28-25(10-9-23(33)27(28)31(40-41)42(48(3,45)46)16-17-4-6-21(47-2)7-5-17)43-30(24(37)14-18-12-19(35)15-20(36)13-18)39-29-22(32(43)44)8-11-26(34)38-29;/h4-13,15,24H,14,16,37H2,1-3H3;1H. The number of fused-ring (bicyclic) bond motifs is 2. The van der Waals surface area contributed by atoms with Crippen LogP contribution in [0.1, 0.15) is 23.0 Å². The predicted octanol–water partition coefficient (Wildman–Crippen LogP) is 5.89. The summed E-state index contributed by atoms with van der Waals surface area (Å²) in [7, 11) is -0.818. The molecule has 2 N–H and O–H groups in total. The summed E-state index contributed by atoms with van der Waals surface area (Å²) in [5.74, 6) is -0.961. The lowest BCUT2D eigenvalue weighted by atomic mass is 10.0. The second kappa shape index (κ2) is 13.9. The summed E-state index contributed by atoms with van der Waals surface area (Å²) in [6, 6.07) is 14.8. The summed E-state index contributed by atoms with van der Waals surface area (Å²) in [6.45, 7) is -0.0836. The molecule has 1 atom stereocenters. The van der Waals surface area contributed by atoms with Gasteiger partial charge in [-0.15, -0.1) is 12.4 Å². The quantitative estimate of drug-likeness (QED) is 0.181. The first-order valence-corrected chi connectivity index (χ1v) is 16.9. The van der Waals surface area contributed by atoms with Crippen LogP contribution in [0.2, 0.25) is 10.2 Å². The van der Waals surface area contributed by atoms with Crippen LogP contribution in [-0.4, -0.2) is 46.1 Å². The van der Waals surface area contributed by atoms with Gasteiger partial charge in [0.2, 0.25) is 10.0 Å². The molecule has 0 saturated heterocycles. The molecule has 0 fully saturated rings. The Hall–Kier alpha value is -4.34. The van der Waals surface area contributed by atoms with Crippen molar-refractivity contribution in [1.82, 2.24) is 24.3 Å². The molecule has 6 aromatic rings. The van der Waals surface area contributed by atoms with E-state index in [2.05, 4.69) is 15.1 Å². The Morgan fingerprint density at radius 2 is 1.65 bits per heavy atom. The predicted molar refractivity (Wildman–Crippen MR) is 188 cm³/mol. The number of sulfonamides is 1. The van der Waals surface area contributed by atoms with Gasteiger partial charge in [0.15, 0.2) is 11.5 Å². The molecule has 0 bridgehead atoms. The third-order valence-electron chi connectivity index (χ3n) is 7.69. The fourth-order valence-corrected chi connectivity index (χ4v) is 6.76. The number of halogens is 5. The minimum atomic E-state index is -3.92. The molecule has 49 heavy (non-hydrogen) atoms. The van der Waals surface area contributed by atoms with Crippen LogP contribution in [-0.2, 0) is 30.0 Å². The third-order valence-corrected chi connectivity index (χ3v) is 9.32. The van der Waals surface area contributed by atoms with Crippen LogP contribution in [0.3, 0.4) is 0 Å². The van der Waals surface area contributed by atoms with Crippen molar-refractivity contribution >= 4 is 73.4 Å². The average molecular weight is 751 g/mol. The molecule has 3 heterocycles. The lowest BCUT2D eigenvalue weighted by Gasteiger charge is -2.21. The Bertz CT molecular complexity index is 2370. The first-order chi connectivity index (χ1) is 22.7. The van der Waals surface area contributed by atoms with Gasteiger partial charge in [0, 0.05) is 13.1 Å². The van der Waals surface area contributed by atoms with E-state index in [1.54, 1.807) is 37.4 Å². The lowest BCUT2D eigenvalue weighted by molar-refractivity contribution is 0.414. The number of nitrogens with two attached hydrogens (primary N) is 1. The maximum atomic E-state index is 14.2. The van der Waals surface area contributed by atoms with Crippen molar-refractivity contribution < 1.29 is 21.9 Å². The second-order valence-electron chi connectivity index (χ2n) is 11.1. The van der Waals surface area contributed by atoms with E-state index in [4.69, 9.17) is 33.7 Å². The number of aryl methyl sites for hydroxylation is 1. The summed E-state index contributed by atoms with van der Waals surface area (Å²) in [5.41, 5.74) is 7.44. The molecule has 0 aliphatic rings. The van der Waals surface area contributed by atoms with E-state index in [9.17, 15) is 22.0 Å². The monoisotopic (exact) mass is 749 g/mol. The van der Waals surface area contributed by atoms with E-state index in [1.807, 2.05) is 0 Å². The van der Waals surface area contributed by atoms with Crippen LogP contribution < -0.4 is 20.3 Å². The van der Waals surface area contributed by atoms with Crippen molar-refractivity contribution in [3.63, 3.8) is 0 Å². The fraction of sp³-hybridized carbons (Fsp3) is 0.188. The molecule has 1 unspecified atom stereocenters. The largest absolute Gasteiger partial charge is 0.497 e. The summed E-state index contributed by atoms with van der Waals surface area (Å²) in [5, 5.41) is 5.17. The Morgan fingerprint density at radius 1 is 0.980 bits per heavy atom. The van der Waals surface area contributed by atoms with Gasteiger partial charge >= 0.3 is 0 Å². The number of rotatable bonds is 9. The third kappa shape index (κ3) is 7.05. The molecular formula is C32H28Cl3F2N7O4S. The normalized spacial score (nSPS) is 12.2. The fourth-order valence-electron chi connectivity index (χ4n) is 5.55. The lowest BCUT2D eigenvalue weighted by Crippen LogP contribution is -2.30. The van der Waals surface area contributed by atoms with E-state index in [0.29, 0.717) is 11.3 Å². The van der Waals surface area contributed by atoms with Gasteiger partial charge < -0.3 is 10.5 Å². The van der Waals surface area contributed by atoms with Crippen LogP contribution in [0, 0.1) is 11.6 Å². The van der Waals surface area contributed by atoms with Crippen molar-refractivity contribution in [1.29, 1.82) is 0 Å². The Balaban J connectivity index is 0.00000468. The molecule has 11 nitrogen and oxygen atoms in total. The molecule has 256 valence electrons. The first-order valence-electron chi connectivity index (χ1n) is 14.3. The number of hydrogen-bond acceptors (Lipinski definition) is 8. The molecular weight excluding hydrogens is 723 g/mol. The zero-order chi connectivity index (χ0) is 34.5. The van der Waals surface area contributed by atoms with Crippen molar-refractivity contribution in [2.75, 3.05) is 17.7 Å². The molecule has 6 rings (SSSR count). The van der Waals surface area contributed by atoms with Gasteiger partial charge in [0.25, 0.3) is 5.56 Å². The molecule has 0 aliphatic carbocycles. The van der Waals surface area contributed by atoms with Gasteiger partial charge in [-0.3, -0.25) is 14.0 Å². The zero-order valence-corrected chi connectivity index (χ0v) is 29.2. The summed E-state index contributed by atoms with van der Waals surface area (Å²) in [6.07, 6.45) is 0.946. The number of methoxy groups -OCH3 is 1. The van der Waals surface area contributed by atoms with Crippen molar-refractivity contribution in [3.05, 3.63) is 116 Å². The maximum absolute atomic E-state index is 14.2. The molecule has 0 saturated carbocycles. The average Bonchev–Trinajstić information content (AvgIpc) is 3.36. The first kappa shape index (κ1) is 36.0. The van der Waals surface area contributed by atoms with Crippen molar-refractivity contribution in [3.8, 4) is 11.4 Å². The van der Waals surface area contributed by atoms with Crippen LogP contribution in [0.25, 0.3) is 27.6 Å². The number of hydrogen-bond donors (Lipinski definition) is 1. The minimum absolute atomic E-state index is 0. The highest BCUT2D eigenvalue weighted by Crippen LogP contribution is 2.38. The molecule has 17 heteroatoms. The molecule has 0 aliphatic heterocycles. The van der Waals surface area contributed by atoms with Crippen LogP contribution >= 0.6 is 35.6 Å². The van der Waals surface area contributed by atoms with Crippen molar-refractivity contribution in [2.45, 2.75) is 19.0 Å². The summed E-state index contributed by atoms with van der Waals surface area (Å²) < 4.78 is 63.6. The maximum Gasteiger partial charge on any atom is 0.267 e.